The number of aromatic nitrogens is 1. The van der Waals surface area contributed by atoms with Gasteiger partial charge in [0.2, 0.25) is 0 Å². The molecule has 2 aliphatic rings. The third-order valence-electron chi connectivity index (χ3n) is 2.92. The van der Waals surface area contributed by atoms with Crippen LogP contribution in [0, 0.1) is 0 Å². The van der Waals surface area contributed by atoms with E-state index < -0.39 is 0 Å². The summed E-state index contributed by atoms with van der Waals surface area (Å²) in [7, 11) is 0. The quantitative estimate of drug-likeness (QED) is 0.767. The number of rotatable bonds is 0. The van der Waals surface area contributed by atoms with Gasteiger partial charge in [-0.05, 0) is 18.2 Å². The first-order chi connectivity index (χ1) is 10.7. The lowest BCUT2D eigenvalue weighted by molar-refractivity contribution is -0.118. The Labute approximate surface area is 126 Å². The molecule has 22 heavy (non-hydrogen) atoms. The van der Waals surface area contributed by atoms with Gasteiger partial charge in [-0.1, -0.05) is 12.1 Å². The van der Waals surface area contributed by atoms with Crippen LogP contribution < -0.4 is 20.5 Å². The molecule has 3 heterocycles. The summed E-state index contributed by atoms with van der Waals surface area (Å²) < 4.78 is 10.3. The molecule has 7 nitrogen and oxygen atoms in total. The van der Waals surface area contributed by atoms with Crippen LogP contribution in [0.2, 0.25) is 0 Å². The molecule has 1 aromatic carbocycles. The number of carbonyl (C=O) groups excluding carboxylic acids is 1. The number of para-hydroxylation sites is 2. The van der Waals surface area contributed by atoms with E-state index in [1.807, 2.05) is 24.3 Å². The summed E-state index contributed by atoms with van der Waals surface area (Å²) in [6.45, 7) is 0.482. The van der Waals surface area contributed by atoms with Gasteiger partial charge in [0.05, 0.1) is 11.9 Å². The predicted molar refractivity (Wildman–Crippen MR) is 81.6 cm³/mol. The highest BCUT2D eigenvalue weighted by Gasteiger charge is 2.13. The average Bonchev–Trinajstić information content (AvgIpc) is 2.55. The highest BCUT2D eigenvalue weighted by Crippen LogP contribution is 2.27. The van der Waals surface area contributed by atoms with Crippen LogP contribution >= 0.6 is 0 Å². The van der Waals surface area contributed by atoms with Crippen LogP contribution in [0.1, 0.15) is 0 Å². The molecule has 0 atom stereocenters. The highest BCUT2D eigenvalue weighted by atomic mass is 16.5. The van der Waals surface area contributed by atoms with E-state index in [2.05, 4.69) is 15.3 Å². The molecule has 0 radical (unpaired) electrons. The van der Waals surface area contributed by atoms with E-state index in [4.69, 9.17) is 15.2 Å². The zero-order valence-electron chi connectivity index (χ0n) is 11.7. The van der Waals surface area contributed by atoms with Crippen molar-refractivity contribution in [2.45, 2.75) is 0 Å². The number of benzene rings is 1. The zero-order valence-corrected chi connectivity index (χ0v) is 11.7. The van der Waals surface area contributed by atoms with Gasteiger partial charge < -0.3 is 20.5 Å². The Morgan fingerprint density at radius 2 is 1.91 bits per heavy atom. The summed E-state index contributed by atoms with van der Waals surface area (Å²) in [5.74, 6) is 1.85. The van der Waals surface area contributed by atoms with Crippen LogP contribution in [0.5, 0.6) is 11.5 Å². The topological polar surface area (TPSA) is 98.8 Å². The van der Waals surface area contributed by atoms with Gasteiger partial charge in [0.15, 0.2) is 12.4 Å². The van der Waals surface area contributed by atoms with E-state index in [-0.39, 0.29) is 12.5 Å². The molecule has 3 N–H and O–H groups in total. The lowest BCUT2D eigenvalue weighted by Crippen LogP contribution is -2.25. The normalized spacial score (nSPS) is 14.7. The van der Waals surface area contributed by atoms with Gasteiger partial charge in [0.25, 0.3) is 5.91 Å². The maximum atomic E-state index is 10.8. The van der Waals surface area contributed by atoms with Crippen LogP contribution in [-0.2, 0) is 4.79 Å². The van der Waals surface area contributed by atoms with Gasteiger partial charge in [-0.3, -0.25) is 9.78 Å². The molecular weight excluding hydrogens is 284 g/mol. The number of amidine groups is 1. The van der Waals surface area contributed by atoms with Crippen molar-refractivity contribution in [2.24, 2.45) is 10.7 Å². The lowest BCUT2D eigenvalue weighted by atomic mass is 10.2. The Morgan fingerprint density at radius 3 is 2.82 bits per heavy atom. The number of nitrogens with two attached hydrogens (primary N) is 1. The van der Waals surface area contributed by atoms with E-state index in [0.717, 1.165) is 17.1 Å². The molecule has 4 rings (SSSR count). The van der Waals surface area contributed by atoms with Crippen molar-refractivity contribution in [2.75, 3.05) is 18.5 Å². The molecule has 0 aliphatic carbocycles. The first-order valence-electron chi connectivity index (χ1n) is 6.64. The Kier molecular flexibility index (Phi) is 3.86. The van der Waals surface area contributed by atoms with Crippen molar-refractivity contribution < 1.29 is 14.3 Å². The van der Waals surface area contributed by atoms with Gasteiger partial charge in [0, 0.05) is 6.20 Å². The SMILES string of the molecule is NC1=Nc2ccncc2OC1.O=C1COc2ccccc2N1. The fourth-order valence-corrected chi connectivity index (χ4v) is 1.94. The molecule has 1 amide bonds. The van der Waals surface area contributed by atoms with Crippen molar-refractivity contribution in [1.29, 1.82) is 0 Å². The minimum absolute atomic E-state index is 0.0938. The second-order valence-corrected chi connectivity index (χ2v) is 4.57. The summed E-state index contributed by atoms with van der Waals surface area (Å²) in [6.07, 6.45) is 3.29. The molecule has 0 unspecified atom stereocenters. The largest absolute Gasteiger partial charge is 0.482 e. The Morgan fingerprint density at radius 1 is 1.09 bits per heavy atom. The number of nitrogens with zero attached hydrogens (tertiary/aromatic N) is 2. The fraction of sp³-hybridized carbons (Fsp3) is 0.133. The minimum atomic E-state index is -0.0938. The molecule has 2 aromatic rings. The standard InChI is InChI=1S/C8H7NO2.C7H7N3O/c10-8-5-11-7-4-2-1-3-6(7)9-8;8-7-4-11-6-3-9-2-1-5(6)10-7/h1-4H,5H2,(H,9,10);1-3H,4H2,(H2,8,10). The summed E-state index contributed by atoms with van der Waals surface area (Å²) in [5.41, 5.74) is 6.96. The maximum absolute atomic E-state index is 10.8. The van der Waals surface area contributed by atoms with Crippen LogP contribution in [0.3, 0.4) is 0 Å². The van der Waals surface area contributed by atoms with Crippen molar-refractivity contribution in [3.63, 3.8) is 0 Å². The van der Waals surface area contributed by atoms with Gasteiger partial charge in [-0.2, -0.15) is 0 Å². The first-order valence-corrected chi connectivity index (χ1v) is 6.64. The molecule has 1 aromatic heterocycles. The zero-order chi connectivity index (χ0) is 15.4. The number of nitrogens with one attached hydrogen (secondary N) is 1. The predicted octanol–water partition coefficient (Wildman–Crippen LogP) is 1.48. The van der Waals surface area contributed by atoms with E-state index in [0.29, 0.717) is 18.2 Å². The second kappa shape index (κ2) is 6.13. The van der Waals surface area contributed by atoms with Crippen molar-refractivity contribution >= 4 is 23.1 Å². The van der Waals surface area contributed by atoms with Crippen LogP contribution in [-0.4, -0.2) is 29.9 Å². The Bertz CT molecular complexity index is 730. The van der Waals surface area contributed by atoms with Crippen molar-refractivity contribution in [3.8, 4) is 11.5 Å². The molecule has 7 heteroatoms. The van der Waals surface area contributed by atoms with Gasteiger partial charge in [0.1, 0.15) is 23.9 Å². The molecule has 0 fully saturated rings. The molecular formula is C15H14N4O3. The average molecular weight is 298 g/mol. The van der Waals surface area contributed by atoms with Crippen LogP contribution in [0.15, 0.2) is 47.7 Å². The highest BCUT2D eigenvalue weighted by molar-refractivity contribution is 5.95. The van der Waals surface area contributed by atoms with Gasteiger partial charge in [-0.25, -0.2) is 4.99 Å². The lowest BCUT2D eigenvalue weighted by Gasteiger charge is -2.16. The minimum Gasteiger partial charge on any atom is -0.482 e. The third kappa shape index (κ3) is 3.14. The summed E-state index contributed by atoms with van der Waals surface area (Å²) in [6, 6.07) is 9.13. The summed E-state index contributed by atoms with van der Waals surface area (Å²) in [5, 5.41) is 2.70. The molecule has 0 spiro atoms. The molecule has 2 aliphatic heterocycles. The number of amides is 1. The Balaban J connectivity index is 0.000000131. The number of ether oxygens (including phenoxy) is 2. The number of pyridine rings is 1. The number of anilines is 1. The Hall–Kier alpha value is -3.09. The van der Waals surface area contributed by atoms with Crippen LogP contribution in [0.4, 0.5) is 11.4 Å². The number of carbonyl (C=O) groups is 1. The first kappa shape index (κ1) is 13.9. The molecule has 0 saturated heterocycles. The third-order valence-corrected chi connectivity index (χ3v) is 2.92. The molecule has 0 saturated carbocycles. The fourth-order valence-electron chi connectivity index (χ4n) is 1.94. The van der Waals surface area contributed by atoms with Crippen molar-refractivity contribution in [1.82, 2.24) is 4.98 Å². The maximum Gasteiger partial charge on any atom is 0.262 e. The monoisotopic (exact) mass is 298 g/mol. The molecule has 0 bridgehead atoms. The smallest absolute Gasteiger partial charge is 0.262 e. The van der Waals surface area contributed by atoms with Crippen molar-refractivity contribution in [3.05, 3.63) is 42.7 Å². The van der Waals surface area contributed by atoms with E-state index in [1.165, 1.54) is 0 Å². The molecule has 112 valence electrons. The van der Waals surface area contributed by atoms with E-state index in [9.17, 15) is 4.79 Å². The van der Waals surface area contributed by atoms with E-state index in [1.54, 1.807) is 18.5 Å². The number of aliphatic imine (C=N–C) groups is 1. The van der Waals surface area contributed by atoms with E-state index >= 15 is 0 Å². The summed E-state index contributed by atoms with van der Waals surface area (Å²) in [4.78, 5) is 18.8. The van der Waals surface area contributed by atoms with Gasteiger partial charge >= 0.3 is 0 Å². The number of hydrogen-bond donors (Lipinski definition) is 2. The number of hydrogen-bond acceptors (Lipinski definition) is 6. The number of fused-ring (bicyclic) bond motifs is 2. The summed E-state index contributed by atoms with van der Waals surface area (Å²) >= 11 is 0. The van der Waals surface area contributed by atoms with Gasteiger partial charge in [-0.15, -0.1) is 0 Å². The second-order valence-electron chi connectivity index (χ2n) is 4.57. The van der Waals surface area contributed by atoms with Crippen LogP contribution in [0.25, 0.3) is 0 Å².